The number of amides is 1. The Hall–Kier alpha value is -2.67. The van der Waals surface area contributed by atoms with Crippen molar-refractivity contribution in [1.82, 2.24) is 9.97 Å². The number of hydrogen-bond donors (Lipinski definition) is 4. The zero-order valence-electron chi connectivity index (χ0n) is 14.3. The van der Waals surface area contributed by atoms with Crippen LogP contribution in [0.2, 0.25) is 0 Å². The largest absolute Gasteiger partial charge is 0.366 e. The maximum atomic E-state index is 11.7. The second-order valence-corrected chi connectivity index (χ2v) is 6.47. The molecule has 0 spiro atoms. The number of carbonyl (C=O) groups is 1. The highest BCUT2D eigenvalue weighted by Gasteiger charge is 2.22. The van der Waals surface area contributed by atoms with Crippen LogP contribution in [0, 0.1) is 6.92 Å². The van der Waals surface area contributed by atoms with E-state index in [1.165, 1.54) is 12.6 Å². The smallest absolute Gasteiger partial charge is 0.252 e. The molecule has 1 aliphatic rings. The number of nitrogens with one attached hydrogen (secondary N) is 2. The second kappa shape index (κ2) is 7.48. The number of hydrogen-bond acceptors (Lipinski definition) is 6. The van der Waals surface area contributed by atoms with E-state index in [1.807, 2.05) is 25.1 Å². The minimum atomic E-state index is -0.538. The quantitative estimate of drug-likeness (QED) is 0.663. The second-order valence-electron chi connectivity index (χ2n) is 6.47. The molecule has 3 rings (SSSR count). The van der Waals surface area contributed by atoms with Gasteiger partial charge >= 0.3 is 0 Å². The summed E-state index contributed by atoms with van der Waals surface area (Å²) in [5.41, 5.74) is 13.4. The van der Waals surface area contributed by atoms with Gasteiger partial charge in [-0.05, 0) is 31.9 Å². The lowest BCUT2D eigenvalue weighted by Crippen LogP contribution is -2.42. The molecule has 2 heterocycles. The molecule has 1 amide bonds. The number of anilines is 3. The van der Waals surface area contributed by atoms with Crippen molar-refractivity contribution in [2.45, 2.75) is 44.7 Å². The van der Waals surface area contributed by atoms with Crippen molar-refractivity contribution in [2.75, 3.05) is 10.6 Å². The average Bonchev–Trinajstić information content (AvgIpc) is 2.57. The standard InChI is InChI=1S/C18H24N6O/c1-11-5-4-8-16(22-11)24-15-9-17(21-10-12(15)18(20)25)23-14-7-3-2-6-13(14)19/h4-5,8-10,13-14H,2-3,6-7,19H2,1H3,(H2,20,25)(H2,21,22,23,24)/t13-,14-/m1/s1. The van der Waals surface area contributed by atoms with Crippen molar-refractivity contribution in [3.05, 3.63) is 41.7 Å². The Kier molecular flexibility index (Phi) is 5.14. The number of primary amides is 1. The van der Waals surface area contributed by atoms with Gasteiger partial charge in [-0.15, -0.1) is 0 Å². The van der Waals surface area contributed by atoms with Crippen LogP contribution < -0.4 is 22.1 Å². The predicted molar refractivity (Wildman–Crippen MR) is 98.9 cm³/mol. The molecule has 6 N–H and O–H groups in total. The van der Waals surface area contributed by atoms with Crippen LogP contribution in [0.25, 0.3) is 0 Å². The molecule has 1 aliphatic carbocycles. The molecular formula is C18H24N6O. The SMILES string of the molecule is Cc1cccc(Nc2cc(N[C@@H]3CCCC[C@H]3N)ncc2C(N)=O)n1. The van der Waals surface area contributed by atoms with Crippen molar-refractivity contribution in [3.8, 4) is 0 Å². The number of aromatic nitrogens is 2. The van der Waals surface area contributed by atoms with E-state index in [4.69, 9.17) is 11.5 Å². The summed E-state index contributed by atoms with van der Waals surface area (Å²) in [6.07, 6.45) is 5.83. The fraction of sp³-hybridized carbons (Fsp3) is 0.389. The van der Waals surface area contributed by atoms with Crippen molar-refractivity contribution in [1.29, 1.82) is 0 Å². The zero-order valence-corrected chi connectivity index (χ0v) is 14.3. The Morgan fingerprint density at radius 2 is 2.04 bits per heavy atom. The van der Waals surface area contributed by atoms with E-state index < -0.39 is 5.91 Å². The van der Waals surface area contributed by atoms with Gasteiger partial charge in [0.2, 0.25) is 0 Å². The van der Waals surface area contributed by atoms with Gasteiger partial charge in [-0.2, -0.15) is 0 Å². The predicted octanol–water partition coefficient (Wildman–Crippen LogP) is 2.31. The minimum Gasteiger partial charge on any atom is -0.366 e. The third kappa shape index (κ3) is 4.24. The average molecular weight is 340 g/mol. The Balaban J connectivity index is 1.85. The van der Waals surface area contributed by atoms with E-state index in [9.17, 15) is 4.79 Å². The molecule has 0 saturated heterocycles. The molecule has 0 unspecified atom stereocenters. The highest BCUT2D eigenvalue weighted by Crippen LogP contribution is 2.25. The molecule has 2 aromatic rings. The summed E-state index contributed by atoms with van der Waals surface area (Å²) < 4.78 is 0. The summed E-state index contributed by atoms with van der Waals surface area (Å²) >= 11 is 0. The molecule has 1 saturated carbocycles. The number of carbonyl (C=O) groups excluding carboxylic acids is 1. The normalized spacial score (nSPS) is 20.1. The van der Waals surface area contributed by atoms with Gasteiger partial charge < -0.3 is 22.1 Å². The molecule has 0 aromatic carbocycles. The van der Waals surface area contributed by atoms with Gasteiger partial charge in [0.05, 0.1) is 11.3 Å². The molecule has 25 heavy (non-hydrogen) atoms. The number of nitrogens with zero attached hydrogens (tertiary/aromatic N) is 2. The highest BCUT2D eigenvalue weighted by atomic mass is 16.1. The number of pyridine rings is 2. The van der Waals surface area contributed by atoms with E-state index in [0.717, 1.165) is 25.0 Å². The van der Waals surface area contributed by atoms with Crippen LogP contribution in [-0.2, 0) is 0 Å². The van der Waals surface area contributed by atoms with Crippen molar-refractivity contribution < 1.29 is 4.79 Å². The highest BCUT2D eigenvalue weighted by molar-refractivity contribution is 5.99. The fourth-order valence-electron chi connectivity index (χ4n) is 3.11. The Bertz CT molecular complexity index is 763. The first-order chi connectivity index (χ1) is 12.0. The van der Waals surface area contributed by atoms with Crippen molar-refractivity contribution in [2.24, 2.45) is 11.5 Å². The van der Waals surface area contributed by atoms with Gasteiger partial charge in [0.15, 0.2) is 0 Å². The lowest BCUT2D eigenvalue weighted by molar-refractivity contribution is 0.100. The minimum absolute atomic E-state index is 0.112. The third-order valence-corrected chi connectivity index (χ3v) is 4.47. The zero-order chi connectivity index (χ0) is 17.8. The summed E-state index contributed by atoms with van der Waals surface area (Å²) in [4.78, 5) is 20.4. The summed E-state index contributed by atoms with van der Waals surface area (Å²) in [7, 11) is 0. The summed E-state index contributed by atoms with van der Waals surface area (Å²) in [5.74, 6) is 0.778. The monoisotopic (exact) mass is 340 g/mol. The van der Waals surface area contributed by atoms with Crippen LogP contribution in [0.15, 0.2) is 30.5 Å². The molecule has 7 heteroatoms. The third-order valence-electron chi connectivity index (χ3n) is 4.47. The Labute approximate surface area is 147 Å². The number of rotatable bonds is 5. The van der Waals surface area contributed by atoms with E-state index in [1.54, 1.807) is 6.07 Å². The lowest BCUT2D eigenvalue weighted by Gasteiger charge is -2.29. The first-order valence-corrected chi connectivity index (χ1v) is 8.55. The van der Waals surface area contributed by atoms with Crippen LogP contribution in [0.3, 0.4) is 0 Å². The maximum absolute atomic E-state index is 11.7. The van der Waals surface area contributed by atoms with Gasteiger partial charge in [-0.1, -0.05) is 18.9 Å². The maximum Gasteiger partial charge on any atom is 0.252 e. The van der Waals surface area contributed by atoms with Crippen molar-refractivity contribution in [3.63, 3.8) is 0 Å². The Morgan fingerprint density at radius 1 is 1.24 bits per heavy atom. The molecule has 2 atom stereocenters. The molecule has 7 nitrogen and oxygen atoms in total. The molecule has 132 valence electrons. The van der Waals surface area contributed by atoms with E-state index >= 15 is 0 Å². The van der Waals surface area contributed by atoms with Crippen LogP contribution in [0.1, 0.15) is 41.7 Å². The molecule has 0 aliphatic heterocycles. The summed E-state index contributed by atoms with van der Waals surface area (Å²) in [5, 5.41) is 6.55. The molecule has 2 aromatic heterocycles. The first kappa shape index (κ1) is 17.2. The van der Waals surface area contributed by atoms with E-state index in [-0.39, 0.29) is 12.1 Å². The van der Waals surface area contributed by atoms with Crippen LogP contribution in [0.4, 0.5) is 17.3 Å². The first-order valence-electron chi connectivity index (χ1n) is 8.55. The van der Waals surface area contributed by atoms with Crippen molar-refractivity contribution >= 4 is 23.2 Å². The Morgan fingerprint density at radius 3 is 2.76 bits per heavy atom. The van der Waals surface area contributed by atoms with Crippen LogP contribution in [0.5, 0.6) is 0 Å². The fourth-order valence-corrected chi connectivity index (χ4v) is 3.11. The van der Waals surface area contributed by atoms with Gasteiger partial charge in [0.25, 0.3) is 5.91 Å². The molecule has 0 bridgehead atoms. The van der Waals surface area contributed by atoms with E-state index in [2.05, 4.69) is 20.6 Å². The topological polar surface area (TPSA) is 119 Å². The van der Waals surface area contributed by atoms with Gasteiger partial charge in [0, 0.05) is 30.0 Å². The summed E-state index contributed by atoms with van der Waals surface area (Å²) in [6.45, 7) is 1.91. The number of aryl methyl sites for hydroxylation is 1. The van der Waals surface area contributed by atoms with Gasteiger partial charge in [-0.25, -0.2) is 9.97 Å². The van der Waals surface area contributed by atoms with Gasteiger partial charge in [-0.3, -0.25) is 4.79 Å². The summed E-state index contributed by atoms with van der Waals surface area (Å²) in [6, 6.07) is 7.72. The van der Waals surface area contributed by atoms with Gasteiger partial charge in [0.1, 0.15) is 11.6 Å². The lowest BCUT2D eigenvalue weighted by atomic mass is 9.91. The van der Waals surface area contributed by atoms with Crippen LogP contribution in [-0.4, -0.2) is 28.0 Å². The molecule has 0 radical (unpaired) electrons. The number of nitrogens with two attached hydrogens (primary N) is 2. The molecule has 1 fully saturated rings. The molecular weight excluding hydrogens is 316 g/mol. The van der Waals surface area contributed by atoms with Crippen LogP contribution >= 0.6 is 0 Å². The van der Waals surface area contributed by atoms with E-state index in [0.29, 0.717) is 22.9 Å².